The van der Waals surface area contributed by atoms with Crippen molar-refractivity contribution in [1.82, 2.24) is 0 Å². The van der Waals surface area contributed by atoms with Crippen LogP contribution >= 0.6 is 0 Å². The van der Waals surface area contributed by atoms with E-state index in [0.717, 1.165) is 27.8 Å². The van der Waals surface area contributed by atoms with E-state index in [4.69, 9.17) is 0 Å². The molecule has 0 aliphatic carbocycles. The minimum absolute atomic E-state index is 0.0533. The van der Waals surface area contributed by atoms with E-state index in [-0.39, 0.29) is 6.61 Å². The van der Waals surface area contributed by atoms with Gasteiger partial charge >= 0.3 is 0 Å². The second-order valence-electron chi connectivity index (χ2n) is 4.53. The molecule has 2 aromatic rings. The molecule has 0 saturated carbocycles. The molecule has 0 amide bonds. The van der Waals surface area contributed by atoms with E-state index in [2.05, 4.69) is 24.8 Å². The smallest absolute Gasteiger partial charge is 0.0687 e. The average Bonchev–Trinajstić information content (AvgIpc) is 2.48. The molecule has 0 aliphatic rings. The Morgan fingerprint density at radius 3 is 2.37 bits per heavy atom. The first-order chi connectivity index (χ1) is 9.22. The molecule has 0 saturated heterocycles. The Bertz CT molecular complexity index is 594. The van der Waals surface area contributed by atoms with Gasteiger partial charge in [0.25, 0.3) is 0 Å². The molecule has 1 heteroatoms. The third-order valence-corrected chi connectivity index (χ3v) is 3.20. The maximum Gasteiger partial charge on any atom is 0.0687 e. The van der Waals surface area contributed by atoms with E-state index in [1.165, 1.54) is 0 Å². The van der Waals surface area contributed by atoms with E-state index in [9.17, 15) is 5.11 Å². The number of hydrogen-bond acceptors (Lipinski definition) is 1. The standard InChI is InChI=1S/C18H18O/c1-14(15(2)16-8-4-3-5-9-16)12-17-10-6-7-11-18(17)13-19/h3-12,19H,2,13H2,1H3/b14-12+. The highest BCUT2D eigenvalue weighted by Crippen LogP contribution is 2.23. The summed E-state index contributed by atoms with van der Waals surface area (Å²) in [7, 11) is 0. The molecule has 0 unspecified atom stereocenters. The third kappa shape index (κ3) is 3.21. The van der Waals surface area contributed by atoms with Crippen LogP contribution in [0.5, 0.6) is 0 Å². The van der Waals surface area contributed by atoms with Gasteiger partial charge in [0.05, 0.1) is 6.61 Å². The molecule has 96 valence electrons. The number of benzene rings is 2. The summed E-state index contributed by atoms with van der Waals surface area (Å²) < 4.78 is 0. The number of allylic oxidation sites excluding steroid dienone is 2. The molecule has 1 nitrogen and oxygen atoms in total. The molecule has 2 aromatic carbocycles. The molecule has 0 fully saturated rings. The molecule has 1 N–H and O–H groups in total. The molecule has 0 aliphatic heterocycles. The van der Waals surface area contributed by atoms with Crippen LogP contribution < -0.4 is 0 Å². The normalized spacial score (nSPS) is 11.4. The molecular weight excluding hydrogens is 232 g/mol. The van der Waals surface area contributed by atoms with Crippen LogP contribution in [0.4, 0.5) is 0 Å². The first-order valence-electron chi connectivity index (χ1n) is 6.34. The Balaban J connectivity index is 2.31. The summed E-state index contributed by atoms with van der Waals surface area (Å²) in [5.74, 6) is 0. The van der Waals surface area contributed by atoms with Gasteiger partial charge in [-0.25, -0.2) is 0 Å². The van der Waals surface area contributed by atoms with Crippen LogP contribution in [0, 0.1) is 0 Å². The van der Waals surface area contributed by atoms with E-state index >= 15 is 0 Å². The average molecular weight is 250 g/mol. The quantitative estimate of drug-likeness (QED) is 0.802. The maximum absolute atomic E-state index is 9.34. The Morgan fingerprint density at radius 2 is 1.68 bits per heavy atom. The Morgan fingerprint density at radius 1 is 1.05 bits per heavy atom. The molecule has 2 rings (SSSR count). The lowest BCUT2D eigenvalue weighted by Gasteiger charge is -2.08. The number of aliphatic hydroxyl groups is 1. The van der Waals surface area contributed by atoms with Gasteiger partial charge in [-0.05, 0) is 34.8 Å². The van der Waals surface area contributed by atoms with Crippen LogP contribution in [0.1, 0.15) is 23.6 Å². The summed E-state index contributed by atoms with van der Waals surface area (Å²) in [6, 6.07) is 18.0. The van der Waals surface area contributed by atoms with Crippen LogP contribution in [0.3, 0.4) is 0 Å². The molecular formula is C18H18O. The van der Waals surface area contributed by atoms with Crippen LogP contribution in [0.15, 0.2) is 66.7 Å². The molecule has 0 heterocycles. The Hall–Kier alpha value is -2.12. The highest BCUT2D eigenvalue weighted by molar-refractivity contribution is 5.82. The molecule has 0 radical (unpaired) electrons. The zero-order valence-corrected chi connectivity index (χ0v) is 11.1. The van der Waals surface area contributed by atoms with Gasteiger partial charge in [-0.2, -0.15) is 0 Å². The molecule has 19 heavy (non-hydrogen) atoms. The molecule has 0 spiro atoms. The van der Waals surface area contributed by atoms with Crippen molar-refractivity contribution in [2.45, 2.75) is 13.5 Å². The van der Waals surface area contributed by atoms with Crippen molar-refractivity contribution >= 4 is 11.6 Å². The van der Waals surface area contributed by atoms with Gasteiger partial charge in [-0.3, -0.25) is 0 Å². The van der Waals surface area contributed by atoms with Crippen molar-refractivity contribution in [2.75, 3.05) is 0 Å². The van der Waals surface area contributed by atoms with Crippen molar-refractivity contribution in [3.63, 3.8) is 0 Å². The fourth-order valence-electron chi connectivity index (χ4n) is 2.01. The van der Waals surface area contributed by atoms with Crippen molar-refractivity contribution in [1.29, 1.82) is 0 Å². The highest BCUT2D eigenvalue weighted by Gasteiger charge is 2.02. The SMILES string of the molecule is C=C(/C(C)=C/c1ccccc1CO)c1ccccc1. The van der Waals surface area contributed by atoms with Gasteiger partial charge in [0, 0.05) is 0 Å². The van der Waals surface area contributed by atoms with Gasteiger partial charge in [-0.15, -0.1) is 0 Å². The van der Waals surface area contributed by atoms with Gasteiger partial charge in [0.2, 0.25) is 0 Å². The summed E-state index contributed by atoms with van der Waals surface area (Å²) in [4.78, 5) is 0. The summed E-state index contributed by atoms with van der Waals surface area (Å²) in [5, 5.41) is 9.34. The van der Waals surface area contributed by atoms with Gasteiger partial charge in [-0.1, -0.05) is 67.3 Å². The molecule has 0 atom stereocenters. The van der Waals surface area contributed by atoms with Crippen LogP contribution in [-0.4, -0.2) is 5.11 Å². The lowest BCUT2D eigenvalue weighted by atomic mass is 9.97. The first kappa shape index (κ1) is 13.3. The van der Waals surface area contributed by atoms with Crippen LogP contribution in [0.25, 0.3) is 11.6 Å². The highest BCUT2D eigenvalue weighted by atomic mass is 16.3. The van der Waals surface area contributed by atoms with E-state index in [1.54, 1.807) is 0 Å². The zero-order chi connectivity index (χ0) is 13.7. The second-order valence-corrected chi connectivity index (χ2v) is 4.53. The topological polar surface area (TPSA) is 20.2 Å². The minimum Gasteiger partial charge on any atom is -0.392 e. The summed E-state index contributed by atoms with van der Waals surface area (Å²) in [5.41, 5.74) is 5.21. The first-order valence-corrected chi connectivity index (χ1v) is 6.34. The molecule has 0 aromatic heterocycles. The maximum atomic E-state index is 9.34. The number of aliphatic hydroxyl groups excluding tert-OH is 1. The lowest BCUT2D eigenvalue weighted by molar-refractivity contribution is 0.281. The predicted octanol–water partition coefficient (Wildman–Crippen LogP) is 4.30. The number of rotatable bonds is 4. The van der Waals surface area contributed by atoms with Crippen molar-refractivity contribution in [2.24, 2.45) is 0 Å². The fraction of sp³-hybridized carbons (Fsp3) is 0.111. The van der Waals surface area contributed by atoms with E-state index in [1.807, 2.05) is 49.4 Å². The van der Waals surface area contributed by atoms with Crippen molar-refractivity contribution in [3.05, 3.63) is 83.4 Å². The third-order valence-electron chi connectivity index (χ3n) is 3.20. The Kier molecular flexibility index (Phi) is 4.32. The summed E-state index contributed by atoms with van der Waals surface area (Å²) in [6.45, 7) is 6.24. The van der Waals surface area contributed by atoms with Crippen LogP contribution in [0.2, 0.25) is 0 Å². The summed E-state index contributed by atoms with van der Waals surface area (Å²) in [6.07, 6.45) is 2.07. The second kappa shape index (κ2) is 6.17. The molecule has 0 bridgehead atoms. The monoisotopic (exact) mass is 250 g/mol. The van der Waals surface area contributed by atoms with Gasteiger partial charge < -0.3 is 5.11 Å². The van der Waals surface area contributed by atoms with E-state index < -0.39 is 0 Å². The van der Waals surface area contributed by atoms with E-state index in [0.29, 0.717) is 0 Å². The van der Waals surface area contributed by atoms with Crippen molar-refractivity contribution in [3.8, 4) is 0 Å². The Labute approximate surface area is 114 Å². The summed E-state index contributed by atoms with van der Waals surface area (Å²) >= 11 is 0. The largest absolute Gasteiger partial charge is 0.392 e. The minimum atomic E-state index is 0.0533. The zero-order valence-electron chi connectivity index (χ0n) is 11.1. The van der Waals surface area contributed by atoms with Gasteiger partial charge in [0.1, 0.15) is 0 Å². The lowest BCUT2D eigenvalue weighted by Crippen LogP contribution is -1.89. The van der Waals surface area contributed by atoms with Crippen molar-refractivity contribution < 1.29 is 5.11 Å². The van der Waals surface area contributed by atoms with Gasteiger partial charge in [0.15, 0.2) is 0 Å². The predicted molar refractivity (Wildman–Crippen MR) is 81.5 cm³/mol. The number of hydrogen-bond donors (Lipinski definition) is 1. The van der Waals surface area contributed by atoms with Crippen LogP contribution in [-0.2, 0) is 6.61 Å². The fourth-order valence-corrected chi connectivity index (χ4v) is 2.01.